The molecule has 1 amide bonds. The number of ether oxygens (including phenoxy) is 4. The summed E-state index contributed by atoms with van der Waals surface area (Å²) in [5.74, 6) is -1.89. The van der Waals surface area contributed by atoms with Gasteiger partial charge in [0.2, 0.25) is 5.91 Å². The number of rotatable bonds is 6. The monoisotopic (exact) mass is 526 g/mol. The molecule has 0 spiro atoms. The summed E-state index contributed by atoms with van der Waals surface area (Å²) < 4.78 is 24.4. The van der Waals surface area contributed by atoms with E-state index in [1.165, 1.54) is 34.0 Å². The highest BCUT2D eigenvalue weighted by Crippen LogP contribution is 2.45. The molecule has 1 aliphatic heterocycles. The Bertz CT molecular complexity index is 1120. The van der Waals surface area contributed by atoms with Gasteiger partial charge < -0.3 is 28.8 Å². The number of halogens is 1. The number of amides is 1. The lowest BCUT2D eigenvalue weighted by Crippen LogP contribution is -2.50. The molecule has 0 radical (unpaired) electrons. The van der Waals surface area contributed by atoms with Gasteiger partial charge in [-0.1, -0.05) is 0 Å². The van der Waals surface area contributed by atoms with E-state index in [2.05, 4.69) is 31.2 Å². The van der Waals surface area contributed by atoms with Gasteiger partial charge in [-0.2, -0.15) is 0 Å². The average Bonchev–Trinajstić information content (AvgIpc) is 3.14. The lowest BCUT2D eigenvalue weighted by Gasteiger charge is -2.34. The number of hydrogen-bond acceptors (Lipinski definition) is 10. The van der Waals surface area contributed by atoms with Crippen LogP contribution >= 0.6 is 15.9 Å². The summed E-state index contributed by atoms with van der Waals surface area (Å²) in [5.41, 5.74) is -1.17. The molecular weight excluding hydrogens is 504 g/mol. The molecule has 1 saturated heterocycles. The highest BCUT2D eigenvalue weighted by Gasteiger charge is 2.60. The number of aromatic nitrogens is 3. The lowest BCUT2D eigenvalue weighted by molar-refractivity contribution is -0.184. The van der Waals surface area contributed by atoms with Gasteiger partial charge in [-0.25, -0.2) is 9.97 Å². The van der Waals surface area contributed by atoms with Crippen LogP contribution in [0, 0.1) is 0 Å². The molecule has 0 bridgehead atoms. The summed E-state index contributed by atoms with van der Waals surface area (Å²) in [6.45, 7) is 6.31. The van der Waals surface area contributed by atoms with Crippen LogP contribution in [-0.2, 0) is 38.1 Å². The maximum atomic E-state index is 12.0. The lowest BCUT2D eigenvalue weighted by atomic mass is 9.95. The second-order valence-corrected chi connectivity index (χ2v) is 8.48. The second kappa shape index (κ2) is 9.43. The summed E-state index contributed by atoms with van der Waals surface area (Å²) in [6, 6.07) is 0. The molecule has 12 nitrogen and oxygen atoms in total. The van der Waals surface area contributed by atoms with E-state index in [-0.39, 0.29) is 18.3 Å². The van der Waals surface area contributed by atoms with Crippen molar-refractivity contribution in [3.8, 4) is 0 Å². The number of anilines is 1. The van der Waals surface area contributed by atoms with E-state index in [0.29, 0.717) is 15.5 Å². The summed E-state index contributed by atoms with van der Waals surface area (Å²) in [6.07, 6.45) is -0.207. The van der Waals surface area contributed by atoms with Crippen molar-refractivity contribution in [2.75, 3.05) is 11.9 Å². The molecule has 3 heterocycles. The fourth-order valence-corrected chi connectivity index (χ4v) is 4.41. The Hall–Kier alpha value is -3.06. The number of nitrogens with zero attached hydrogens (tertiary/aromatic N) is 3. The molecule has 1 fully saturated rings. The maximum absolute atomic E-state index is 12.0. The third-order valence-corrected chi connectivity index (χ3v) is 5.52. The SMILES string of the molecule is CC(=O)Nc1ncnc2c1c(Br)cn2[C@H]1O[C@H](COC(C)=O)[C@@H](OC(C)=O)[C@@]1(C)OC(C)=O. The molecule has 2 aromatic heterocycles. The minimum Gasteiger partial charge on any atom is -0.463 e. The molecule has 1 N–H and O–H groups in total. The summed E-state index contributed by atoms with van der Waals surface area (Å²) in [5, 5.41) is 3.12. The Morgan fingerprint density at radius 2 is 1.85 bits per heavy atom. The fourth-order valence-electron chi connectivity index (χ4n) is 3.82. The number of carbonyl (C=O) groups excluding carboxylic acids is 4. The molecule has 4 atom stereocenters. The molecular formula is C20H23BrN4O8. The molecule has 0 aliphatic carbocycles. The molecule has 33 heavy (non-hydrogen) atoms. The van der Waals surface area contributed by atoms with Crippen LogP contribution in [0.5, 0.6) is 0 Å². The van der Waals surface area contributed by atoms with Crippen molar-refractivity contribution in [3.05, 3.63) is 17.0 Å². The number of carbonyl (C=O) groups is 4. The van der Waals surface area contributed by atoms with Gasteiger partial charge in [-0.3, -0.25) is 19.2 Å². The highest BCUT2D eigenvalue weighted by molar-refractivity contribution is 9.10. The van der Waals surface area contributed by atoms with Crippen LogP contribution in [0.3, 0.4) is 0 Å². The van der Waals surface area contributed by atoms with Gasteiger partial charge in [0, 0.05) is 38.4 Å². The van der Waals surface area contributed by atoms with Crippen molar-refractivity contribution >= 4 is 56.6 Å². The van der Waals surface area contributed by atoms with Crippen LogP contribution in [0.15, 0.2) is 17.0 Å². The van der Waals surface area contributed by atoms with Crippen LogP contribution in [0.4, 0.5) is 5.82 Å². The Balaban J connectivity index is 2.15. The van der Waals surface area contributed by atoms with Crippen molar-refractivity contribution in [1.82, 2.24) is 14.5 Å². The Kier molecular flexibility index (Phi) is 7.03. The van der Waals surface area contributed by atoms with E-state index in [9.17, 15) is 19.2 Å². The van der Waals surface area contributed by atoms with Crippen LogP contribution in [0.25, 0.3) is 11.0 Å². The molecule has 0 saturated carbocycles. The Labute approximate surface area is 197 Å². The van der Waals surface area contributed by atoms with E-state index in [1.807, 2.05) is 0 Å². The average molecular weight is 527 g/mol. The van der Waals surface area contributed by atoms with Crippen LogP contribution in [0.1, 0.15) is 40.8 Å². The van der Waals surface area contributed by atoms with E-state index >= 15 is 0 Å². The number of fused-ring (bicyclic) bond motifs is 1. The fraction of sp³-hybridized carbons (Fsp3) is 0.500. The van der Waals surface area contributed by atoms with Crippen LogP contribution in [-0.4, -0.2) is 62.8 Å². The van der Waals surface area contributed by atoms with E-state index < -0.39 is 41.9 Å². The number of nitrogens with one attached hydrogen (secondary N) is 1. The first-order chi connectivity index (χ1) is 15.4. The zero-order chi connectivity index (χ0) is 24.5. The number of esters is 3. The van der Waals surface area contributed by atoms with Gasteiger partial charge in [0.05, 0.1) is 5.39 Å². The second-order valence-electron chi connectivity index (χ2n) is 7.62. The van der Waals surface area contributed by atoms with Gasteiger partial charge in [0.1, 0.15) is 30.5 Å². The highest BCUT2D eigenvalue weighted by atomic mass is 79.9. The van der Waals surface area contributed by atoms with Gasteiger partial charge in [0.25, 0.3) is 0 Å². The van der Waals surface area contributed by atoms with Crippen molar-refractivity contribution in [1.29, 1.82) is 0 Å². The van der Waals surface area contributed by atoms with E-state index in [4.69, 9.17) is 18.9 Å². The predicted molar refractivity (Wildman–Crippen MR) is 116 cm³/mol. The first-order valence-electron chi connectivity index (χ1n) is 9.88. The van der Waals surface area contributed by atoms with Crippen molar-refractivity contribution < 1.29 is 38.1 Å². The van der Waals surface area contributed by atoms with E-state index in [0.717, 1.165) is 0 Å². The molecule has 178 valence electrons. The predicted octanol–water partition coefficient (Wildman–Crippen LogP) is 1.87. The van der Waals surface area contributed by atoms with E-state index in [1.54, 1.807) is 17.7 Å². The summed E-state index contributed by atoms with van der Waals surface area (Å²) in [7, 11) is 0. The van der Waals surface area contributed by atoms with Crippen molar-refractivity contribution in [2.24, 2.45) is 0 Å². The van der Waals surface area contributed by atoms with Crippen LogP contribution in [0.2, 0.25) is 0 Å². The minimum absolute atomic E-state index is 0.243. The standard InChI is InChI=1S/C20H23BrN4O8/c1-9(26)24-17-15-13(21)6-25(18(15)23-8-22-17)19-20(5,33-12(4)29)16(31-11(3)28)14(32-19)7-30-10(2)27/h6,8,14,16,19H,7H2,1-5H3,(H,22,23,24,26)/t14-,16-,19+,20-/m1/s1. The zero-order valence-electron chi connectivity index (χ0n) is 18.6. The first-order valence-corrected chi connectivity index (χ1v) is 10.7. The summed E-state index contributed by atoms with van der Waals surface area (Å²) in [4.78, 5) is 55.3. The summed E-state index contributed by atoms with van der Waals surface area (Å²) >= 11 is 3.44. The molecule has 2 aromatic rings. The number of hydrogen-bond donors (Lipinski definition) is 1. The quantitative estimate of drug-likeness (QED) is 0.436. The largest absolute Gasteiger partial charge is 0.463 e. The topological polar surface area (TPSA) is 148 Å². The van der Waals surface area contributed by atoms with Crippen LogP contribution < -0.4 is 5.32 Å². The van der Waals surface area contributed by atoms with Gasteiger partial charge in [0.15, 0.2) is 17.9 Å². The molecule has 0 unspecified atom stereocenters. The third kappa shape index (κ3) is 4.98. The smallest absolute Gasteiger partial charge is 0.303 e. The normalized spacial score (nSPS) is 24.4. The molecule has 1 aliphatic rings. The third-order valence-electron chi connectivity index (χ3n) is 4.91. The van der Waals surface area contributed by atoms with Gasteiger partial charge in [-0.05, 0) is 22.9 Å². The van der Waals surface area contributed by atoms with Crippen molar-refractivity contribution in [3.63, 3.8) is 0 Å². The Morgan fingerprint density at radius 1 is 1.15 bits per heavy atom. The molecule has 13 heteroatoms. The zero-order valence-corrected chi connectivity index (χ0v) is 20.2. The van der Waals surface area contributed by atoms with Crippen molar-refractivity contribution in [2.45, 2.75) is 58.7 Å². The Morgan fingerprint density at radius 3 is 2.42 bits per heavy atom. The maximum Gasteiger partial charge on any atom is 0.303 e. The first kappa shape index (κ1) is 24.6. The molecule has 3 rings (SSSR count). The molecule has 0 aromatic carbocycles. The minimum atomic E-state index is -1.52. The van der Waals surface area contributed by atoms with Gasteiger partial charge in [-0.15, -0.1) is 0 Å². The van der Waals surface area contributed by atoms with Gasteiger partial charge >= 0.3 is 17.9 Å².